The van der Waals surface area contributed by atoms with Gasteiger partial charge in [-0.3, -0.25) is 4.68 Å². The maximum Gasteiger partial charge on any atom is 0.271 e. The highest BCUT2D eigenvalue weighted by atomic mass is 32.2. The minimum absolute atomic E-state index is 0.295. The molecule has 2 aromatic rings. The van der Waals surface area contributed by atoms with Crippen LogP contribution in [0.15, 0.2) is 17.2 Å². The molecule has 0 saturated carbocycles. The summed E-state index contributed by atoms with van der Waals surface area (Å²) in [5, 5.41) is 4.16. The predicted molar refractivity (Wildman–Crippen MR) is 69.2 cm³/mol. The third kappa shape index (κ3) is 1.77. The largest absolute Gasteiger partial charge is 0.271 e. The van der Waals surface area contributed by atoms with E-state index < -0.39 is 10.0 Å². The predicted octanol–water partition coefficient (Wildman–Crippen LogP) is 1.69. The Bertz CT molecular complexity index is 708. The Hall–Kier alpha value is -1.56. The van der Waals surface area contributed by atoms with Crippen molar-refractivity contribution in [1.29, 1.82) is 0 Å². The molecule has 0 aliphatic rings. The zero-order valence-corrected chi connectivity index (χ0v) is 12.0. The van der Waals surface area contributed by atoms with E-state index in [0.717, 1.165) is 5.56 Å². The first-order valence-electron chi connectivity index (χ1n) is 5.66. The molecule has 0 N–H and O–H groups in total. The smallest absolute Gasteiger partial charge is 0.271 e. The topological polar surface area (TPSA) is 56.9 Å². The maximum absolute atomic E-state index is 12.6. The van der Waals surface area contributed by atoms with Gasteiger partial charge in [0, 0.05) is 18.9 Å². The lowest BCUT2D eigenvalue weighted by molar-refractivity contribution is 0.584. The van der Waals surface area contributed by atoms with Crippen molar-refractivity contribution in [1.82, 2.24) is 13.8 Å². The van der Waals surface area contributed by atoms with Gasteiger partial charge in [-0.1, -0.05) is 0 Å². The van der Waals surface area contributed by atoms with Crippen molar-refractivity contribution in [3.8, 4) is 0 Å². The van der Waals surface area contributed by atoms with Crippen LogP contribution in [0.1, 0.15) is 22.6 Å². The van der Waals surface area contributed by atoms with Gasteiger partial charge in [0.15, 0.2) is 0 Å². The lowest BCUT2D eigenvalue weighted by Crippen LogP contribution is -2.15. The Morgan fingerprint density at radius 1 is 1.17 bits per heavy atom. The van der Waals surface area contributed by atoms with Gasteiger partial charge in [0.1, 0.15) is 4.90 Å². The summed E-state index contributed by atoms with van der Waals surface area (Å²) < 4.78 is 28.2. The SMILES string of the molecule is Cc1cc(C)n(S(=O)(=O)c2c(C)nn(C)c2C)c1. The number of hydrogen-bond donors (Lipinski definition) is 0. The molecule has 0 unspecified atom stereocenters. The molecule has 2 heterocycles. The summed E-state index contributed by atoms with van der Waals surface area (Å²) in [5.74, 6) is 0. The molecule has 0 amide bonds. The Morgan fingerprint density at radius 3 is 2.17 bits per heavy atom. The van der Waals surface area contributed by atoms with E-state index in [1.807, 2.05) is 13.0 Å². The van der Waals surface area contributed by atoms with Crippen molar-refractivity contribution < 1.29 is 8.42 Å². The molecule has 98 valence electrons. The molecule has 0 aliphatic heterocycles. The van der Waals surface area contributed by atoms with Gasteiger partial charge in [0.2, 0.25) is 0 Å². The summed E-state index contributed by atoms with van der Waals surface area (Å²) in [6.07, 6.45) is 1.64. The van der Waals surface area contributed by atoms with E-state index >= 15 is 0 Å². The van der Waals surface area contributed by atoms with E-state index in [2.05, 4.69) is 5.10 Å². The Morgan fingerprint density at radius 2 is 1.78 bits per heavy atom. The van der Waals surface area contributed by atoms with Gasteiger partial charge in [-0.25, -0.2) is 12.4 Å². The van der Waals surface area contributed by atoms with E-state index in [0.29, 0.717) is 22.0 Å². The molecule has 0 aliphatic carbocycles. The lowest BCUT2D eigenvalue weighted by Gasteiger charge is -2.08. The van der Waals surface area contributed by atoms with Crippen LogP contribution in [0, 0.1) is 27.7 Å². The average Bonchev–Trinajstić information content (AvgIpc) is 2.69. The summed E-state index contributed by atoms with van der Waals surface area (Å²) in [6.45, 7) is 7.14. The fraction of sp³-hybridized carbons (Fsp3) is 0.417. The van der Waals surface area contributed by atoms with Crippen LogP contribution in [0.3, 0.4) is 0 Å². The number of aryl methyl sites for hydroxylation is 4. The van der Waals surface area contributed by atoms with Crippen molar-refractivity contribution in [2.24, 2.45) is 7.05 Å². The molecule has 0 spiro atoms. The van der Waals surface area contributed by atoms with Crippen molar-refractivity contribution in [3.63, 3.8) is 0 Å². The second-order valence-electron chi connectivity index (χ2n) is 4.58. The second-order valence-corrected chi connectivity index (χ2v) is 6.34. The minimum Gasteiger partial charge on any atom is -0.271 e. The molecule has 2 aromatic heterocycles. The van der Waals surface area contributed by atoms with E-state index in [1.165, 1.54) is 3.97 Å². The van der Waals surface area contributed by atoms with Crippen LogP contribution in [0.25, 0.3) is 0 Å². The number of nitrogens with zero attached hydrogens (tertiary/aromatic N) is 3. The number of hydrogen-bond acceptors (Lipinski definition) is 3. The molecule has 18 heavy (non-hydrogen) atoms. The van der Waals surface area contributed by atoms with Crippen LogP contribution >= 0.6 is 0 Å². The standard InChI is InChI=1S/C12H17N3O2S/c1-8-6-9(2)15(7-8)18(16,17)12-10(3)13-14(5)11(12)4/h6-7H,1-5H3. The van der Waals surface area contributed by atoms with Crippen LogP contribution < -0.4 is 0 Å². The van der Waals surface area contributed by atoms with E-state index in [1.54, 1.807) is 38.7 Å². The molecular formula is C12H17N3O2S. The Kier molecular flexibility index (Phi) is 2.85. The summed E-state index contributed by atoms with van der Waals surface area (Å²) >= 11 is 0. The second kappa shape index (κ2) is 3.98. The van der Waals surface area contributed by atoms with E-state index in [4.69, 9.17) is 0 Å². The first kappa shape index (κ1) is 12.9. The van der Waals surface area contributed by atoms with Gasteiger partial charge in [0.05, 0.1) is 11.4 Å². The molecule has 2 rings (SSSR count). The molecular weight excluding hydrogens is 250 g/mol. The van der Waals surface area contributed by atoms with Crippen LogP contribution in [0.2, 0.25) is 0 Å². The molecule has 0 atom stereocenters. The van der Waals surface area contributed by atoms with Gasteiger partial charge >= 0.3 is 0 Å². The highest BCUT2D eigenvalue weighted by molar-refractivity contribution is 7.90. The Labute approximate surface area is 107 Å². The first-order chi connectivity index (χ1) is 8.25. The van der Waals surface area contributed by atoms with Crippen LogP contribution in [-0.2, 0) is 17.1 Å². The first-order valence-corrected chi connectivity index (χ1v) is 7.10. The van der Waals surface area contributed by atoms with Crippen molar-refractivity contribution >= 4 is 10.0 Å². The summed E-state index contributed by atoms with van der Waals surface area (Å²) in [4.78, 5) is 0.295. The van der Waals surface area contributed by atoms with Gasteiger partial charge in [-0.05, 0) is 39.3 Å². The van der Waals surface area contributed by atoms with E-state index in [9.17, 15) is 8.42 Å². The summed E-state index contributed by atoms with van der Waals surface area (Å²) in [7, 11) is -1.81. The molecule has 0 radical (unpaired) electrons. The van der Waals surface area contributed by atoms with Gasteiger partial charge in [-0.15, -0.1) is 0 Å². The van der Waals surface area contributed by atoms with Crippen molar-refractivity contribution in [2.45, 2.75) is 32.6 Å². The minimum atomic E-state index is -3.56. The highest BCUT2D eigenvalue weighted by Crippen LogP contribution is 2.23. The maximum atomic E-state index is 12.6. The molecule has 0 fully saturated rings. The van der Waals surface area contributed by atoms with Crippen LogP contribution in [-0.4, -0.2) is 22.2 Å². The lowest BCUT2D eigenvalue weighted by atomic mass is 10.4. The fourth-order valence-electron chi connectivity index (χ4n) is 2.20. The molecule has 0 aromatic carbocycles. The molecule has 6 heteroatoms. The van der Waals surface area contributed by atoms with Gasteiger partial charge in [-0.2, -0.15) is 5.10 Å². The average molecular weight is 267 g/mol. The third-order valence-corrected chi connectivity index (χ3v) is 5.08. The zero-order valence-electron chi connectivity index (χ0n) is 11.2. The highest BCUT2D eigenvalue weighted by Gasteiger charge is 2.26. The van der Waals surface area contributed by atoms with Gasteiger partial charge in [0.25, 0.3) is 10.0 Å². The third-order valence-electron chi connectivity index (χ3n) is 3.06. The summed E-state index contributed by atoms with van der Waals surface area (Å²) in [5.41, 5.74) is 2.81. The zero-order chi connectivity index (χ0) is 13.7. The van der Waals surface area contributed by atoms with Crippen LogP contribution in [0.5, 0.6) is 0 Å². The normalized spacial score (nSPS) is 12.1. The number of rotatable bonds is 2. The fourth-order valence-corrected chi connectivity index (χ4v) is 4.06. The molecule has 5 nitrogen and oxygen atoms in total. The quantitative estimate of drug-likeness (QED) is 0.832. The Balaban J connectivity index is 2.73. The monoisotopic (exact) mass is 267 g/mol. The summed E-state index contributed by atoms with van der Waals surface area (Å²) in [6, 6.07) is 1.85. The van der Waals surface area contributed by atoms with Crippen LogP contribution in [0.4, 0.5) is 0 Å². The molecule has 0 bridgehead atoms. The van der Waals surface area contributed by atoms with E-state index in [-0.39, 0.29) is 0 Å². The van der Waals surface area contributed by atoms with Gasteiger partial charge < -0.3 is 0 Å². The van der Waals surface area contributed by atoms with Crippen molar-refractivity contribution in [3.05, 3.63) is 34.9 Å². The number of aromatic nitrogens is 3. The molecule has 0 saturated heterocycles. The van der Waals surface area contributed by atoms with Crippen molar-refractivity contribution in [2.75, 3.05) is 0 Å².